The van der Waals surface area contributed by atoms with Gasteiger partial charge < -0.3 is 20.1 Å². The van der Waals surface area contributed by atoms with Crippen LogP contribution in [0, 0.1) is 0 Å². The van der Waals surface area contributed by atoms with Gasteiger partial charge in [0.2, 0.25) is 0 Å². The van der Waals surface area contributed by atoms with E-state index in [1.165, 1.54) is 0 Å². The monoisotopic (exact) mass is 542 g/mol. The first kappa shape index (κ1) is 28.3. The Morgan fingerprint density at radius 1 is 0.973 bits per heavy atom. The number of nitrogens with one attached hydrogen (secondary N) is 2. The van der Waals surface area contributed by atoms with Crippen molar-refractivity contribution in [1.29, 1.82) is 0 Å². The quantitative estimate of drug-likeness (QED) is 0.310. The number of carbonyl (C=O) groups is 3. The van der Waals surface area contributed by atoms with Crippen LogP contribution in [0.2, 0.25) is 5.02 Å². The Bertz CT molecular complexity index is 1200. The van der Waals surface area contributed by atoms with Crippen molar-refractivity contribution in [2.75, 3.05) is 31.3 Å². The lowest BCUT2D eigenvalue weighted by Crippen LogP contribution is -2.34. The Morgan fingerprint density at radius 3 is 2.30 bits per heavy atom. The van der Waals surface area contributed by atoms with E-state index in [1.54, 1.807) is 62.9 Å². The van der Waals surface area contributed by atoms with E-state index in [4.69, 9.17) is 21.1 Å². The molecule has 37 heavy (non-hydrogen) atoms. The summed E-state index contributed by atoms with van der Waals surface area (Å²) >= 11 is 7.83. The molecule has 0 fully saturated rings. The smallest absolute Gasteiger partial charge is 0.336 e. The van der Waals surface area contributed by atoms with Crippen molar-refractivity contribution in [2.24, 2.45) is 0 Å². The minimum absolute atomic E-state index is 0.137. The van der Waals surface area contributed by atoms with Crippen LogP contribution in [0.25, 0.3) is 0 Å². The van der Waals surface area contributed by atoms with E-state index >= 15 is 0 Å². The maximum atomic E-state index is 13.3. The van der Waals surface area contributed by atoms with Gasteiger partial charge in [0.1, 0.15) is 0 Å². The number of ether oxygens (including phenoxy) is 2. The molecule has 2 N–H and O–H groups in total. The molecule has 1 aliphatic rings. The number of hydrogen-bond acceptors (Lipinski definition) is 7. The fraction of sp³-hybridized carbons (Fsp3) is 0.321. The summed E-state index contributed by atoms with van der Waals surface area (Å²) < 4.78 is 10.8. The summed E-state index contributed by atoms with van der Waals surface area (Å²) in [6.07, 6.45) is 0. The van der Waals surface area contributed by atoms with Crippen molar-refractivity contribution in [2.45, 2.75) is 26.7 Å². The molecule has 1 heterocycles. The van der Waals surface area contributed by atoms with Gasteiger partial charge in [0.05, 0.1) is 30.3 Å². The van der Waals surface area contributed by atoms with Crippen molar-refractivity contribution in [3.8, 4) is 0 Å². The van der Waals surface area contributed by atoms with Crippen LogP contribution in [-0.4, -0.2) is 49.1 Å². The van der Waals surface area contributed by atoms with E-state index in [9.17, 15) is 14.4 Å². The third-order valence-corrected chi connectivity index (χ3v) is 6.85. The molecule has 1 aliphatic heterocycles. The Hall–Kier alpha value is -3.23. The molecule has 1 atom stereocenters. The zero-order chi connectivity index (χ0) is 26.8. The lowest BCUT2D eigenvalue weighted by molar-refractivity contribution is -0.139. The number of rotatable bonds is 11. The highest BCUT2D eigenvalue weighted by atomic mass is 35.5. The normalized spacial score (nSPS) is 15.2. The predicted octanol–water partition coefficient (Wildman–Crippen LogP) is 4.84. The van der Waals surface area contributed by atoms with Crippen LogP contribution in [0.1, 0.15) is 42.6 Å². The van der Waals surface area contributed by atoms with Gasteiger partial charge in [-0.3, -0.25) is 4.79 Å². The lowest BCUT2D eigenvalue weighted by Gasteiger charge is -2.31. The molecular formula is C28H31ClN2O5S. The number of thioether (sulfide) groups is 1. The fourth-order valence-electron chi connectivity index (χ4n) is 4.06. The average Bonchev–Trinajstić information content (AvgIpc) is 2.88. The number of carbonyl (C=O) groups excluding carboxylic acids is 3. The first-order chi connectivity index (χ1) is 17.9. The summed E-state index contributed by atoms with van der Waals surface area (Å²) in [4.78, 5) is 38.6. The van der Waals surface area contributed by atoms with Gasteiger partial charge in [-0.05, 0) is 50.6 Å². The molecule has 1 unspecified atom stereocenters. The minimum atomic E-state index is -0.702. The molecule has 0 radical (unpaired) electrons. The molecule has 0 saturated heterocycles. The summed E-state index contributed by atoms with van der Waals surface area (Å²) in [6, 6.07) is 16.1. The van der Waals surface area contributed by atoms with Gasteiger partial charge in [0, 0.05) is 40.0 Å². The van der Waals surface area contributed by atoms with Crippen LogP contribution >= 0.6 is 23.4 Å². The maximum Gasteiger partial charge on any atom is 0.336 e. The molecule has 2 aromatic rings. The van der Waals surface area contributed by atoms with Gasteiger partial charge in [0.15, 0.2) is 0 Å². The molecule has 0 bridgehead atoms. The number of hydrogen-bond donors (Lipinski definition) is 2. The van der Waals surface area contributed by atoms with Gasteiger partial charge in [-0.25, -0.2) is 9.59 Å². The van der Waals surface area contributed by atoms with Gasteiger partial charge in [-0.1, -0.05) is 41.9 Å². The Balaban J connectivity index is 1.85. The maximum absolute atomic E-state index is 13.3. The molecule has 2 aromatic carbocycles. The molecule has 1 amide bonds. The highest BCUT2D eigenvalue weighted by molar-refractivity contribution is 7.99. The SMILES string of the molecule is CCOC(=O)C1=C(C)NC(CSCCNC(=O)c2ccccc2)=C(C(=O)OCC)C1c1cccc(Cl)c1. The zero-order valence-corrected chi connectivity index (χ0v) is 22.7. The first-order valence-corrected chi connectivity index (χ1v) is 13.6. The third kappa shape index (κ3) is 7.40. The van der Waals surface area contributed by atoms with Crippen LogP contribution in [0.4, 0.5) is 0 Å². The molecule has 196 valence electrons. The second-order valence-electron chi connectivity index (χ2n) is 8.16. The average molecular weight is 543 g/mol. The summed E-state index contributed by atoms with van der Waals surface area (Å²) in [7, 11) is 0. The second-order valence-corrected chi connectivity index (χ2v) is 9.70. The van der Waals surface area contributed by atoms with Crippen molar-refractivity contribution in [3.63, 3.8) is 0 Å². The van der Waals surface area contributed by atoms with Gasteiger partial charge >= 0.3 is 11.9 Å². The van der Waals surface area contributed by atoms with Gasteiger partial charge in [-0.2, -0.15) is 11.8 Å². The van der Waals surface area contributed by atoms with Crippen molar-refractivity contribution >= 4 is 41.2 Å². The minimum Gasteiger partial charge on any atom is -0.463 e. The molecule has 0 saturated carbocycles. The summed E-state index contributed by atoms with van der Waals surface area (Å²) in [5.41, 5.74) is 3.23. The molecule has 0 aliphatic carbocycles. The van der Waals surface area contributed by atoms with Crippen molar-refractivity contribution < 1.29 is 23.9 Å². The molecule has 9 heteroatoms. The summed E-state index contributed by atoms with van der Waals surface area (Å²) in [6.45, 7) is 6.11. The van der Waals surface area contributed by atoms with E-state index in [-0.39, 0.29) is 19.1 Å². The largest absolute Gasteiger partial charge is 0.463 e. The van der Waals surface area contributed by atoms with E-state index < -0.39 is 17.9 Å². The number of amides is 1. The van der Waals surface area contributed by atoms with E-state index in [0.717, 1.165) is 0 Å². The van der Waals surface area contributed by atoms with E-state index in [1.807, 2.05) is 24.3 Å². The highest BCUT2D eigenvalue weighted by Gasteiger charge is 2.38. The van der Waals surface area contributed by atoms with Crippen molar-refractivity contribution in [3.05, 3.63) is 93.3 Å². The predicted molar refractivity (Wildman–Crippen MR) is 146 cm³/mol. The summed E-state index contributed by atoms with van der Waals surface area (Å²) in [5.74, 6) is -0.791. The Kier molecular flexibility index (Phi) is 10.7. The van der Waals surface area contributed by atoms with Crippen LogP contribution in [0.3, 0.4) is 0 Å². The van der Waals surface area contributed by atoms with Crippen molar-refractivity contribution in [1.82, 2.24) is 10.6 Å². The van der Waals surface area contributed by atoms with E-state index in [2.05, 4.69) is 10.6 Å². The Labute approximate surface area is 226 Å². The van der Waals surface area contributed by atoms with Crippen LogP contribution in [-0.2, 0) is 19.1 Å². The number of halogens is 1. The Morgan fingerprint density at radius 2 is 1.65 bits per heavy atom. The molecule has 3 rings (SSSR count). The zero-order valence-electron chi connectivity index (χ0n) is 21.1. The van der Waals surface area contributed by atoms with Crippen LogP contribution in [0.5, 0.6) is 0 Å². The molecule has 0 spiro atoms. The van der Waals surface area contributed by atoms with Gasteiger partial charge in [-0.15, -0.1) is 0 Å². The number of allylic oxidation sites excluding steroid dienone is 1. The number of dihydropyridines is 1. The van der Waals surface area contributed by atoms with Gasteiger partial charge in [0.25, 0.3) is 5.91 Å². The molecular weight excluding hydrogens is 512 g/mol. The topological polar surface area (TPSA) is 93.7 Å². The summed E-state index contributed by atoms with van der Waals surface area (Å²) in [5, 5.41) is 6.65. The number of benzene rings is 2. The second kappa shape index (κ2) is 13.9. The highest BCUT2D eigenvalue weighted by Crippen LogP contribution is 2.40. The first-order valence-electron chi connectivity index (χ1n) is 12.1. The standard InChI is InChI=1S/C28H31ClN2O5S/c1-4-35-27(33)23-18(3)31-22(17-37-15-14-30-26(32)19-10-7-6-8-11-19)25(28(34)36-5-2)24(23)20-12-9-13-21(29)16-20/h6-13,16,24,31H,4-5,14-15,17H2,1-3H3,(H,30,32). The molecule has 7 nitrogen and oxygen atoms in total. The van der Waals surface area contributed by atoms with E-state index in [0.29, 0.717) is 56.7 Å². The van der Waals surface area contributed by atoms with Crippen LogP contribution < -0.4 is 10.6 Å². The fourth-order valence-corrected chi connectivity index (χ4v) is 5.08. The third-order valence-electron chi connectivity index (χ3n) is 5.63. The molecule has 0 aromatic heterocycles. The number of esters is 2. The van der Waals surface area contributed by atoms with Crippen LogP contribution in [0.15, 0.2) is 77.1 Å². The lowest BCUT2D eigenvalue weighted by atomic mass is 9.80.